The fraction of sp³-hybridized carbons (Fsp3) is 0.174. The number of carbonyl (C=O) groups is 2. The Morgan fingerprint density at radius 3 is 2.57 bits per heavy atom. The average Bonchev–Trinajstić information content (AvgIpc) is 3.16. The van der Waals surface area contributed by atoms with Crippen LogP contribution in [0.1, 0.15) is 28.1 Å². The molecule has 0 aliphatic heterocycles. The van der Waals surface area contributed by atoms with Crippen molar-refractivity contribution in [2.75, 3.05) is 7.11 Å². The Morgan fingerprint density at radius 2 is 1.80 bits per heavy atom. The van der Waals surface area contributed by atoms with Crippen molar-refractivity contribution in [1.29, 1.82) is 0 Å². The highest BCUT2D eigenvalue weighted by Gasteiger charge is 2.19. The number of furan rings is 1. The zero-order valence-electron chi connectivity index (χ0n) is 16.4. The molecule has 4 rings (SSSR count). The van der Waals surface area contributed by atoms with Crippen molar-refractivity contribution in [3.05, 3.63) is 75.8 Å². The Hall–Kier alpha value is -3.87. The maximum atomic E-state index is 12.7. The minimum atomic E-state index is -0.695. The number of para-hydroxylation sites is 1. The third-order valence-electron chi connectivity index (χ3n) is 4.79. The molecular weight excluding hydrogens is 388 g/mol. The number of ether oxygens (including phenoxy) is 2. The number of aryl methyl sites for hydroxylation is 2. The highest BCUT2D eigenvalue weighted by Crippen LogP contribution is 2.30. The Bertz CT molecular complexity index is 1290. The molecule has 0 atom stereocenters. The summed E-state index contributed by atoms with van der Waals surface area (Å²) in [5.41, 5.74) is 1.67. The summed E-state index contributed by atoms with van der Waals surface area (Å²) >= 11 is 0. The second-order valence-electron chi connectivity index (χ2n) is 6.82. The molecule has 7 heteroatoms. The summed E-state index contributed by atoms with van der Waals surface area (Å²) in [5, 5.41) is 1.47. The van der Waals surface area contributed by atoms with Crippen LogP contribution >= 0.6 is 0 Å². The van der Waals surface area contributed by atoms with E-state index in [1.54, 1.807) is 31.2 Å². The maximum Gasteiger partial charge on any atom is 0.379 e. The molecule has 0 amide bonds. The van der Waals surface area contributed by atoms with Gasteiger partial charge in [-0.05, 0) is 42.7 Å². The van der Waals surface area contributed by atoms with Gasteiger partial charge in [-0.15, -0.1) is 0 Å². The number of benzene rings is 2. The fourth-order valence-corrected chi connectivity index (χ4v) is 3.25. The van der Waals surface area contributed by atoms with E-state index in [-0.39, 0.29) is 35.9 Å². The van der Waals surface area contributed by atoms with Gasteiger partial charge in [-0.3, -0.25) is 4.79 Å². The second kappa shape index (κ2) is 7.87. The summed E-state index contributed by atoms with van der Waals surface area (Å²) in [7, 11) is 1.31. The van der Waals surface area contributed by atoms with Crippen LogP contribution in [0.3, 0.4) is 0 Å². The van der Waals surface area contributed by atoms with E-state index in [0.717, 1.165) is 10.9 Å². The van der Waals surface area contributed by atoms with E-state index in [1.165, 1.54) is 19.2 Å². The molecule has 0 aliphatic carbocycles. The van der Waals surface area contributed by atoms with Crippen LogP contribution in [0, 0.1) is 6.92 Å². The molecule has 0 spiro atoms. The van der Waals surface area contributed by atoms with Crippen molar-refractivity contribution in [2.45, 2.75) is 19.8 Å². The lowest BCUT2D eigenvalue weighted by Crippen LogP contribution is -2.10. The Balaban J connectivity index is 1.73. The Labute approximate surface area is 170 Å². The summed E-state index contributed by atoms with van der Waals surface area (Å²) in [6.45, 7) is 1.78. The SMILES string of the molecule is COC(=O)CCc1cc2c(C)cc(=O)oc2cc1OC(=O)c1cc2ccccc2o1. The van der Waals surface area contributed by atoms with E-state index < -0.39 is 11.6 Å². The van der Waals surface area contributed by atoms with Crippen LogP contribution in [-0.2, 0) is 16.0 Å². The van der Waals surface area contributed by atoms with Gasteiger partial charge in [0.15, 0.2) is 0 Å². The van der Waals surface area contributed by atoms with E-state index >= 15 is 0 Å². The van der Waals surface area contributed by atoms with Crippen molar-refractivity contribution < 1.29 is 27.9 Å². The standard InChI is InChI=1S/C23H18O7/c1-13-9-22(25)29-19-12-18(15(10-16(13)19)7-8-21(24)27-2)30-23(26)20-11-14-5-3-4-6-17(14)28-20/h3-6,9-12H,7-8H2,1-2H3. The molecule has 4 aromatic rings. The van der Waals surface area contributed by atoms with Crippen LogP contribution in [0.25, 0.3) is 21.9 Å². The summed E-state index contributed by atoms with van der Waals surface area (Å²) in [4.78, 5) is 36.1. The molecule has 7 nitrogen and oxygen atoms in total. The van der Waals surface area contributed by atoms with Crippen molar-refractivity contribution in [1.82, 2.24) is 0 Å². The van der Waals surface area contributed by atoms with Crippen LogP contribution < -0.4 is 10.4 Å². The number of fused-ring (bicyclic) bond motifs is 2. The maximum absolute atomic E-state index is 12.7. The first kappa shape index (κ1) is 19.4. The molecule has 2 aromatic heterocycles. The molecule has 0 unspecified atom stereocenters. The summed E-state index contributed by atoms with van der Waals surface area (Å²) in [6.07, 6.45) is 0.386. The first-order valence-corrected chi connectivity index (χ1v) is 9.29. The van der Waals surface area contributed by atoms with E-state index in [0.29, 0.717) is 16.5 Å². The molecular formula is C23H18O7. The van der Waals surface area contributed by atoms with E-state index in [2.05, 4.69) is 0 Å². The zero-order chi connectivity index (χ0) is 21.3. The lowest BCUT2D eigenvalue weighted by molar-refractivity contribution is -0.140. The highest BCUT2D eigenvalue weighted by molar-refractivity contribution is 5.94. The third-order valence-corrected chi connectivity index (χ3v) is 4.79. The monoisotopic (exact) mass is 406 g/mol. The van der Waals surface area contributed by atoms with Gasteiger partial charge in [0, 0.05) is 29.3 Å². The van der Waals surface area contributed by atoms with Crippen molar-refractivity contribution in [3.63, 3.8) is 0 Å². The second-order valence-corrected chi connectivity index (χ2v) is 6.82. The zero-order valence-corrected chi connectivity index (χ0v) is 16.4. The third kappa shape index (κ3) is 3.82. The minimum absolute atomic E-state index is 0.0425. The number of esters is 2. The van der Waals surface area contributed by atoms with Crippen molar-refractivity contribution in [3.8, 4) is 5.75 Å². The molecule has 0 aliphatic rings. The number of methoxy groups -OCH3 is 1. The van der Waals surface area contributed by atoms with Gasteiger partial charge >= 0.3 is 17.6 Å². The van der Waals surface area contributed by atoms with Crippen molar-refractivity contribution in [2.24, 2.45) is 0 Å². The molecule has 0 radical (unpaired) electrons. The van der Waals surface area contributed by atoms with E-state index in [1.807, 2.05) is 12.1 Å². The molecule has 0 bridgehead atoms. The molecule has 152 valence electrons. The molecule has 30 heavy (non-hydrogen) atoms. The van der Waals surface area contributed by atoms with Crippen molar-refractivity contribution >= 4 is 33.9 Å². The predicted octanol–water partition coefficient (Wildman–Crippen LogP) is 4.17. The number of carbonyl (C=O) groups excluding carboxylic acids is 2. The normalized spacial score (nSPS) is 11.0. The van der Waals surface area contributed by atoms with Gasteiger partial charge in [0.2, 0.25) is 5.76 Å². The smallest absolute Gasteiger partial charge is 0.379 e. The van der Waals surface area contributed by atoms with Gasteiger partial charge in [-0.2, -0.15) is 0 Å². The Morgan fingerprint density at radius 1 is 1.00 bits per heavy atom. The molecule has 0 fully saturated rings. The summed E-state index contributed by atoms with van der Waals surface area (Å²) < 4.78 is 21.1. The molecule has 0 saturated carbocycles. The predicted molar refractivity (Wildman–Crippen MR) is 109 cm³/mol. The molecule has 0 saturated heterocycles. The first-order chi connectivity index (χ1) is 14.4. The van der Waals surface area contributed by atoms with Gasteiger partial charge in [-0.1, -0.05) is 18.2 Å². The van der Waals surface area contributed by atoms with Gasteiger partial charge < -0.3 is 18.3 Å². The number of hydrogen-bond donors (Lipinski definition) is 0. The fourth-order valence-electron chi connectivity index (χ4n) is 3.25. The number of rotatable bonds is 5. The van der Waals surface area contributed by atoms with Crippen LogP contribution in [0.15, 0.2) is 62.2 Å². The Kier molecular flexibility index (Phi) is 5.10. The summed E-state index contributed by atoms with van der Waals surface area (Å²) in [5.74, 6) is -0.854. The van der Waals surface area contributed by atoms with Gasteiger partial charge in [-0.25, -0.2) is 9.59 Å². The number of hydrogen-bond acceptors (Lipinski definition) is 7. The lowest BCUT2D eigenvalue weighted by atomic mass is 10.0. The van der Waals surface area contributed by atoms with Crippen LogP contribution in [0.5, 0.6) is 5.75 Å². The molecule has 2 heterocycles. The van der Waals surface area contributed by atoms with E-state index in [9.17, 15) is 14.4 Å². The topological polar surface area (TPSA) is 96.0 Å². The first-order valence-electron chi connectivity index (χ1n) is 9.29. The quantitative estimate of drug-likeness (QED) is 0.279. The lowest BCUT2D eigenvalue weighted by Gasteiger charge is -2.11. The van der Waals surface area contributed by atoms with Gasteiger partial charge in [0.1, 0.15) is 16.9 Å². The van der Waals surface area contributed by atoms with Gasteiger partial charge in [0.05, 0.1) is 7.11 Å². The van der Waals surface area contributed by atoms with E-state index in [4.69, 9.17) is 18.3 Å². The largest absolute Gasteiger partial charge is 0.469 e. The summed E-state index contributed by atoms with van der Waals surface area (Å²) in [6, 6.07) is 13.4. The van der Waals surface area contributed by atoms with Crippen LogP contribution in [0.2, 0.25) is 0 Å². The van der Waals surface area contributed by atoms with Gasteiger partial charge in [0.25, 0.3) is 0 Å². The molecule has 2 aromatic carbocycles. The molecule has 0 N–H and O–H groups in total. The average molecular weight is 406 g/mol. The minimum Gasteiger partial charge on any atom is -0.469 e. The van der Waals surface area contributed by atoms with Crippen LogP contribution in [0.4, 0.5) is 0 Å². The highest BCUT2D eigenvalue weighted by atomic mass is 16.5. The van der Waals surface area contributed by atoms with Crippen LogP contribution in [-0.4, -0.2) is 19.0 Å².